The highest BCUT2D eigenvalue weighted by Gasteiger charge is 2.20. The van der Waals surface area contributed by atoms with Crippen molar-refractivity contribution < 1.29 is 9.47 Å². The molecule has 4 heterocycles. The topological polar surface area (TPSA) is 89.9 Å². The summed E-state index contributed by atoms with van der Waals surface area (Å²) >= 11 is 0. The third-order valence-electron chi connectivity index (χ3n) is 4.57. The highest BCUT2D eigenvalue weighted by molar-refractivity contribution is 5.91. The molecule has 5 rings (SSSR count). The number of aromatic nitrogens is 5. The first-order chi connectivity index (χ1) is 12.8. The van der Waals surface area contributed by atoms with Gasteiger partial charge in [-0.3, -0.25) is 14.8 Å². The molecular weight excluding hydrogens is 332 g/mol. The van der Waals surface area contributed by atoms with Crippen molar-refractivity contribution in [1.29, 1.82) is 0 Å². The molecule has 1 aromatic carbocycles. The molecule has 3 aromatic heterocycles. The van der Waals surface area contributed by atoms with Gasteiger partial charge in [-0.2, -0.15) is 5.10 Å². The summed E-state index contributed by atoms with van der Waals surface area (Å²) in [6.07, 6.45) is 2.73. The van der Waals surface area contributed by atoms with Crippen LogP contribution in [0.25, 0.3) is 21.9 Å². The smallest absolute Gasteiger partial charge is 0.241 e. The van der Waals surface area contributed by atoms with Crippen LogP contribution in [0.3, 0.4) is 0 Å². The number of anilines is 2. The quantitative estimate of drug-likeness (QED) is 0.588. The van der Waals surface area contributed by atoms with Crippen molar-refractivity contribution in [2.24, 2.45) is 7.05 Å². The molecule has 2 N–H and O–H groups in total. The Labute approximate surface area is 149 Å². The van der Waals surface area contributed by atoms with Crippen LogP contribution in [0.15, 0.2) is 36.5 Å². The lowest BCUT2D eigenvalue weighted by Gasteiger charge is -2.09. The monoisotopic (exact) mass is 350 g/mol. The molecule has 0 bridgehead atoms. The van der Waals surface area contributed by atoms with E-state index in [1.807, 2.05) is 42.1 Å². The zero-order valence-electron chi connectivity index (χ0n) is 14.3. The molecule has 1 aliphatic heterocycles. The van der Waals surface area contributed by atoms with E-state index in [-0.39, 0.29) is 6.10 Å². The lowest BCUT2D eigenvalue weighted by atomic mass is 10.2. The molecule has 1 fully saturated rings. The highest BCUT2D eigenvalue weighted by atomic mass is 16.5. The Balaban J connectivity index is 1.47. The normalized spacial score (nSPS) is 17.2. The van der Waals surface area contributed by atoms with Gasteiger partial charge in [0.25, 0.3) is 0 Å². The number of benzene rings is 1. The summed E-state index contributed by atoms with van der Waals surface area (Å²) in [4.78, 5) is 4.37. The fourth-order valence-electron chi connectivity index (χ4n) is 3.23. The van der Waals surface area contributed by atoms with E-state index < -0.39 is 0 Å². The lowest BCUT2D eigenvalue weighted by molar-refractivity contribution is 0.138. The van der Waals surface area contributed by atoms with Crippen molar-refractivity contribution in [3.05, 3.63) is 36.5 Å². The van der Waals surface area contributed by atoms with E-state index in [2.05, 4.69) is 25.6 Å². The SMILES string of the molecule is Cn1nc(O[C@H]2CCOC2)c2ccc(Nc3n[nH]c4cccnc34)cc21. The summed E-state index contributed by atoms with van der Waals surface area (Å²) in [5.41, 5.74) is 3.60. The molecule has 0 aliphatic carbocycles. The number of H-pyrrole nitrogens is 1. The molecule has 26 heavy (non-hydrogen) atoms. The highest BCUT2D eigenvalue weighted by Crippen LogP contribution is 2.30. The molecule has 4 aromatic rings. The van der Waals surface area contributed by atoms with E-state index in [1.165, 1.54) is 0 Å². The average Bonchev–Trinajstić information content (AvgIpc) is 3.37. The van der Waals surface area contributed by atoms with E-state index in [0.29, 0.717) is 18.3 Å². The van der Waals surface area contributed by atoms with Gasteiger partial charge in [-0.25, -0.2) is 0 Å². The van der Waals surface area contributed by atoms with Gasteiger partial charge < -0.3 is 14.8 Å². The first kappa shape index (κ1) is 15.2. The number of aryl methyl sites for hydroxylation is 1. The summed E-state index contributed by atoms with van der Waals surface area (Å²) in [6, 6.07) is 9.86. The summed E-state index contributed by atoms with van der Waals surface area (Å²) < 4.78 is 13.2. The minimum absolute atomic E-state index is 0.0763. The molecule has 0 radical (unpaired) electrons. The minimum atomic E-state index is 0.0763. The Morgan fingerprint density at radius 3 is 3.19 bits per heavy atom. The molecule has 132 valence electrons. The van der Waals surface area contributed by atoms with Gasteiger partial charge in [0.05, 0.1) is 29.6 Å². The molecule has 0 spiro atoms. The number of rotatable bonds is 4. The number of fused-ring (bicyclic) bond motifs is 2. The van der Waals surface area contributed by atoms with Crippen molar-refractivity contribution in [2.75, 3.05) is 18.5 Å². The van der Waals surface area contributed by atoms with Crippen molar-refractivity contribution in [2.45, 2.75) is 12.5 Å². The maximum atomic E-state index is 6.01. The van der Waals surface area contributed by atoms with Gasteiger partial charge >= 0.3 is 0 Å². The summed E-state index contributed by atoms with van der Waals surface area (Å²) in [5.74, 6) is 1.35. The predicted octanol–water partition coefficient (Wildman–Crippen LogP) is 2.76. The fourth-order valence-corrected chi connectivity index (χ4v) is 3.23. The summed E-state index contributed by atoms with van der Waals surface area (Å²) in [5, 5.41) is 16.1. The van der Waals surface area contributed by atoms with Gasteiger partial charge in [-0.05, 0) is 30.3 Å². The Bertz CT molecular complexity index is 1080. The molecule has 1 atom stereocenters. The van der Waals surface area contributed by atoms with Gasteiger partial charge in [-0.15, -0.1) is 5.10 Å². The third kappa shape index (κ3) is 2.55. The standard InChI is InChI=1S/C18H18N6O2/c1-24-15-9-11(20-17-16-14(21-22-17)3-2-7-19-16)4-5-13(15)18(23-24)26-12-6-8-25-10-12/h2-5,7,9,12H,6,8,10H2,1H3,(H2,20,21,22)/t12-/m0/s1. The number of hydrogen-bond acceptors (Lipinski definition) is 6. The molecule has 0 unspecified atom stereocenters. The summed E-state index contributed by atoms with van der Waals surface area (Å²) in [6.45, 7) is 1.37. The third-order valence-corrected chi connectivity index (χ3v) is 4.57. The fraction of sp³-hybridized carbons (Fsp3) is 0.278. The van der Waals surface area contributed by atoms with Crippen LogP contribution in [0.4, 0.5) is 11.5 Å². The first-order valence-corrected chi connectivity index (χ1v) is 8.55. The number of ether oxygens (including phenoxy) is 2. The van der Waals surface area contributed by atoms with E-state index in [9.17, 15) is 0 Å². The van der Waals surface area contributed by atoms with E-state index in [0.717, 1.165) is 40.7 Å². The van der Waals surface area contributed by atoms with Crippen molar-refractivity contribution in [3.8, 4) is 5.88 Å². The number of nitrogens with zero attached hydrogens (tertiary/aromatic N) is 4. The maximum Gasteiger partial charge on any atom is 0.241 e. The zero-order valence-corrected chi connectivity index (χ0v) is 14.3. The second-order valence-electron chi connectivity index (χ2n) is 6.36. The van der Waals surface area contributed by atoms with Crippen LogP contribution in [0.5, 0.6) is 5.88 Å². The number of hydrogen-bond donors (Lipinski definition) is 2. The van der Waals surface area contributed by atoms with Crippen LogP contribution in [-0.2, 0) is 11.8 Å². The van der Waals surface area contributed by atoms with Crippen molar-refractivity contribution in [1.82, 2.24) is 25.0 Å². The first-order valence-electron chi connectivity index (χ1n) is 8.55. The molecule has 0 saturated carbocycles. The van der Waals surface area contributed by atoms with Crippen LogP contribution in [-0.4, -0.2) is 44.3 Å². The second kappa shape index (κ2) is 5.99. The van der Waals surface area contributed by atoms with Crippen LogP contribution in [0, 0.1) is 0 Å². The molecular formula is C18H18N6O2. The Morgan fingerprint density at radius 1 is 1.35 bits per heavy atom. The lowest BCUT2D eigenvalue weighted by Crippen LogP contribution is -2.16. The van der Waals surface area contributed by atoms with Gasteiger partial charge in [0.15, 0.2) is 5.82 Å². The Kier molecular flexibility index (Phi) is 3.49. The van der Waals surface area contributed by atoms with Crippen LogP contribution in [0.1, 0.15) is 6.42 Å². The zero-order chi connectivity index (χ0) is 17.5. The van der Waals surface area contributed by atoms with Crippen molar-refractivity contribution in [3.63, 3.8) is 0 Å². The second-order valence-corrected chi connectivity index (χ2v) is 6.36. The largest absolute Gasteiger partial charge is 0.470 e. The average molecular weight is 350 g/mol. The molecule has 8 nitrogen and oxygen atoms in total. The van der Waals surface area contributed by atoms with E-state index >= 15 is 0 Å². The predicted molar refractivity (Wildman–Crippen MR) is 97.7 cm³/mol. The number of nitrogens with one attached hydrogen (secondary N) is 2. The molecule has 8 heteroatoms. The summed E-state index contributed by atoms with van der Waals surface area (Å²) in [7, 11) is 1.91. The van der Waals surface area contributed by atoms with Crippen LogP contribution < -0.4 is 10.1 Å². The van der Waals surface area contributed by atoms with Crippen LogP contribution >= 0.6 is 0 Å². The van der Waals surface area contributed by atoms with Gasteiger partial charge in [0.1, 0.15) is 11.6 Å². The van der Waals surface area contributed by atoms with Crippen LogP contribution in [0.2, 0.25) is 0 Å². The van der Waals surface area contributed by atoms with Gasteiger partial charge in [-0.1, -0.05) is 0 Å². The van der Waals surface area contributed by atoms with Crippen molar-refractivity contribution >= 4 is 33.4 Å². The number of aromatic amines is 1. The minimum Gasteiger partial charge on any atom is -0.470 e. The van der Waals surface area contributed by atoms with Gasteiger partial charge in [0, 0.05) is 25.4 Å². The molecule has 1 aliphatic rings. The van der Waals surface area contributed by atoms with E-state index in [1.54, 1.807) is 6.20 Å². The Morgan fingerprint density at radius 2 is 2.31 bits per heavy atom. The molecule has 1 saturated heterocycles. The molecule has 0 amide bonds. The Hall–Kier alpha value is -3.13. The maximum absolute atomic E-state index is 6.01. The van der Waals surface area contributed by atoms with E-state index in [4.69, 9.17) is 9.47 Å². The van der Waals surface area contributed by atoms with Gasteiger partial charge in [0.2, 0.25) is 5.88 Å². The number of pyridine rings is 1.